The molecule has 37 heavy (non-hydrogen) atoms. The van der Waals surface area contributed by atoms with Crippen LogP contribution < -0.4 is 14.8 Å². The van der Waals surface area contributed by atoms with Gasteiger partial charge in [0, 0.05) is 19.5 Å². The minimum absolute atomic E-state index is 0.129. The average Bonchev–Trinajstić information content (AvgIpc) is 2.91. The van der Waals surface area contributed by atoms with Crippen LogP contribution in [0.1, 0.15) is 37.0 Å². The van der Waals surface area contributed by atoms with Crippen LogP contribution in [-0.2, 0) is 29.0 Å². The highest BCUT2D eigenvalue weighted by Gasteiger charge is 2.30. The molecule has 3 rings (SSSR count). The second-order valence-electron chi connectivity index (χ2n) is 9.55. The van der Waals surface area contributed by atoms with Gasteiger partial charge in [-0.25, -0.2) is 0 Å². The van der Waals surface area contributed by atoms with E-state index in [-0.39, 0.29) is 18.2 Å². The maximum atomic E-state index is 13.9. The summed E-state index contributed by atoms with van der Waals surface area (Å²) in [5, 5.41) is 3.08. The summed E-state index contributed by atoms with van der Waals surface area (Å²) in [5.41, 5.74) is 2.76. The molecule has 0 unspecified atom stereocenters. The van der Waals surface area contributed by atoms with Crippen molar-refractivity contribution in [1.82, 2.24) is 10.2 Å². The van der Waals surface area contributed by atoms with Gasteiger partial charge in [-0.1, -0.05) is 80.6 Å². The summed E-state index contributed by atoms with van der Waals surface area (Å²) in [6.07, 6.45) is 1.44. The molecule has 0 aliphatic rings. The number of ether oxygens (including phenoxy) is 2. The Morgan fingerprint density at radius 1 is 0.811 bits per heavy atom. The number of rotatable bonds is 13. The van der Waals surface area contributed by atoms with Crippen LogP contribution in [0.25, 0.3) is 0 Å². The smallest absolute Gasteiger partial charge is 0.243 e. The first-order chi connectivity index (χ1) is 17.9. The third-order valence-electron chi connectivity index (χ3n) is 6.29. The zero-order valence-electron chi connectivity index (χ0n) is 22.3. The minimum Gasteiger partial charge on any atom is -0.493 e. The first-order valence-corrected chi connectivity index (χ1v) is 12.8. The maximum absolute atomic E-state index is 13.9. The number of amides is 2. The third kappa shape index (κ3) is 8.38. The van der Waals surface area contributed by atoms with E-state index in [4.69, 9.17) is 9.47 Å². The number of hydrogen-bond donors (Lipinski definition) is 1. The Morgan fingerprint density at radius 3 is 2.03 bits per heavy atom. The molecule has 6 nitrogen and oxygen atoms in total. The molecular formula is C31H38N2O4. The van der Waals surface area contributed by atoms with E-state index in [1.54, 1.807) is 25.2 Å². The Labute approximate surface area is 220 Å². The fourth-order valence-electron chi connectivity index (χ4n) is 4.20. The van der Waals surface area contributed by atoms with Crippen molar-refractivity contribution in [3.63, 3.8) is 0 Å². The largest absolute Gasteiger partial charge is 0.493 e. The fourth-order valence-corrected chi connectivity index (χ4v) is 4.20. The molecule has 0 bridgehead atoms. The first-order valence-electron chi connectivity index (χ1n) is 12.8. The summed E-state index contributed by atoms with van der Waals surface area (Å²) in [4.78, 5) is 29.1. The van der Waals surface area contributed by atoms with Crippen molar-refractivity contribution in [3.8, 4) is 11.5 Å². The molecule has 2 amide bonds. The van der Waals surface area contributed by atoms with Crippen molar-refractivity contribution in [2.45, 2.75) is 45.7 Å². The summed E-state index contributed by atoms with van der Waals surface area (Å²) >= 11 is 0. The van der Waals surface area contributed by atoms with E-state index in [2.05, 4.69) is 19.2 Å². The van der Waals surface area contributed by atoms with E-state index < -0.39 is 6.04 Å². The van der Waals surface area contributed by atoms with Crippen LogP contribution in [0.3, 0.4) is 0 Å². The molecule has 196 valence electrons. The molecule has 0 aliphatic heterocycles. The van der Waals surface area contributed by atoms with E-state index >= 15 is 0 Å². The molecule has 0 saturated carbocycles. The number of carbonyl (C=O) groups is 2. The molecule has 6 heteroatoms. The van der Waals surface area contributed by atoms with Crippen molar-refractivity contribution < 1.29 is 19.1 Å². The fraction of sp³-hybridized carbons (Fsp3) is 0.355. The van der Waals surface area contributed by atoms with Gasteiger partial charge in [-0.15, -0.1) is 0 Å². The summed E-state index contributed by atoms with van der Waals surface area (Å²) in [5.74, 6) is 1.37. The van der Waals surface area contributed by atoms with Gasteiger partial charge in [0.15, 0.2) is 11.5 Å². The Hall–Kier alpha value is -3.80. The van der Waals surface area contributed by atoms with E-state index in [1.807, 2.05) is 72.8 Å². The number of carbonyl (C=O) groups excluding carboxylic acids is 2. The zero-order valence-corrected chi connectivity index (χ0v) is 22.3. The van der Waals surface area contributed by atoms with Crippen LogP contribution in [-0.4, -0.2) is 43.5 Å². The lowest BCUT2D eigenvalue weighted by Crippen LogP contribution is -2.51. The Kier molecular flexibility index (Phi) is 10.6. The standard InChI is InChI=1S/C31H38N2O4/c1-23(2)17-18-32-31(35)27(19-24-11-7-5-8-12-24)33(22-25-13-9-6-10-14-25)30(34)21-26-15-16-28(36-3)29(20-26)37-4/h5-16,20,23,27H,17-19,21-22H2,1-4H3,(H,32,35)/t27-/m1/s1. The quantitative estimate of drug-likeness (QED) is 0.355. The van der Waals surface area contributed by atoms with Crippen molar-refractivity contribution in [3.05, 3.63) is 95.6 Å². The van der Waals surface area contributed by atoms with Crippen LogP contribution >= 0.6 is 0 Å². The van der Waals surface area contributed by atoms with Crippen LogP contribution in [0.2, 0.25) is 0 Å². The predicted molar refractivity (Wildman–Crippen MR) is 147 cm³/mol. The van der Waals surface area contributed by atoms with Crippen LogP contribution in [0.5, 0.6) is 11.5 Å². The third-order valence-corrected chi connectivity index (χ3v) is 6.29. The van der Waals surface area contributed by atoms with Gasteiger partial charge in [-0.2, -0.15) is 0 Å². The van der Waals surface area contributed by atoms with Crippen molar-refractivity contribution in [2.24, 2.45) is 5.92 Å². The molecule has 0 radical (unpaired) electrons. The monoisotopic (exact) mass is 502 g/mol. The molecule has 3 aromatic carbocycles. The van der Waals surface area contributed by atoms with Crippen LogP contribution in [0, 0.1) is 5.92 Å². The predicted octanol–water partition coefficient (Wildman–Crippen LogP) is 5.05. The molecule has 0 saturated heterocycles. The molecule has 0 heterocycles. The van der Waals surface area contributed by atoms with E-state index in [9.17, 15) is 9.59 Å². The highest BCUT2D eigenvalue weighted by Crippen LogP contribution is 2.28. The lowest BCUT2D eigenvalue weighted by molar-refractivity contribution is -0.140. The van der Waals surface area contributed by atoms with Gasteiger partial charge >= 0.3 is 0 Å². The van der Waals surface area contributed by atoms with E-state index in [1.165, 1.54) is 0 Å². The van der Waals surface area contributed by atoms with Crippen LogP contribution in [0.4, 0.5) is 0 Å². The average molecular weight is 503 g/mol. The van der Waals surface area contributed by atoms with Crippen molar-refractivity contribution >= 4 is 11.8 Å². The Bertz CT molecular complexity index is 1130. The van der Waals surface area contributed by atoms with Gasteiger partial charge in [0.2, 0.25) is 11.8 Å². The van der Waals surface area contributed by atoms with E-state index in [0.717, 1.165) is 23.1 Å². The molecule has 0 aliphatic carbocycles. The molecule has 0 aromatic heterocycles. The lowest BCUT2D eigenvalue weighted by Gasteiger charge is -2.32. The second-order valence-corrected chi connectivity index (χ2v) is 9.55. The molecule has 3 aromatic rings. The molecular weight excluding hydrogens is 464 g/mol. The zero-order chi connectivity index (χ0) is 26.6. The van der Waals surface area contributed by atoms with Gasteiger partial charge in [-0.05, 0) is 41.2 Å². The topological polar surface area (TPSA) is 67.9 Å². The summed E-state index contributed by atoms with van der Waals surface area (Å²) in [7, 11) is 3.15. The van der Waals surface area contributed by atoms with Gasteiger partial charge in [0.1, 0.15) is 6.04 Å². The Morgan fingerprint density at radius 2 is 1.43 bits per heavy atom. The molecule has 0 spiro atoms. The minimum atomic E-state index is -0.651. The molecule has 0 fully saturated rings. The van der Waals surface area contributed by atoms with Gasteiger partial charge in [0.05, 0.1) is 20.6 Å². The maximum Gasteiger partial charge on any atom is 0.243 e. The van der Waals surface area contributed by atoms with E-state index in [0.29, 0.717) is 36.9 Å². The number of hydrogen-bond acceptors (Lipinski definition) is 4. The number of methoxy groups -OCH3 is 2. The SMILES string of the molecule is COc1ccc(CC(=O)N(Cc2ccccc2)[C@H](Cc2ccccc2)C(=O)NCCC(C)C)cc1OC. The second kappa shape index (κ2) is 14.1. The number of benzene rings is 3. The van der Waals surface area contributed by atoms with Crippen LogP contribution in [0.15, 0.2) is 78.9 Å². The van der Waals surface area contributed by atoms with Gasteiger partial charge in [0.25, 0.3) is 0 Å². The lowest BCUT2D eigenvalue weighted by atomic mass is 10.0. The molecule has 1 atom stereocenters. The number of nitrogens with one attached hydrogen (secondary N) is 1. The first kappa shape index (κ1) is 27.8. The van der Waals surface area contributed by atoms with Crippen molar-refractivity contribution in [2.75, 3.05) is 20.8 Å². The summed E-state index contributed by atoms with van der Waals surface area (Å²) in [6, 6.07) is 24.5. The number of nitrogens with zero attached hydrogens (tertiary/aromatic N) is 1. The normalized spacial score (nSPS) is 11.6. The Balaban J connectivity index is 1.93. The van der Waals surface area contributed by atoms with Gasteiger partial charge < -0.3 is 19.7 Å². The highest BCUT2D eigenvalue weighted by molar-refractivity contribution is 5.88. The highest BCUT2D eigenvalue weighted by atomic mass is 16.5. The van der Waals surface area contributed by atoms with Crippen molar-refractivity contribution in [1.29, 1.82) is 0 Å². The van der Waals surface area contributed by atoms with Gasteiger partial charge in [-0.3, -0.25) is 9.59 Å². The molecule has 1 N–H and O–H groups in total. The summed E-state index contributed by atoms with van der Waals surface area (Å²) < 4.78 is 10.8. The summed E-state index contributed by atoms with van der Waals surface area (Å²) in [6.45, 7) is 5.16.